The summed E-state index contributed by atoms with van der Waals surface area (Å²) in [6, 6.07) is 5.46. The topological polar surface area (TPSA) is 66.2 Å². The van der Waals surface area contributed by atoms with Gasteiger partial charge in [0.2, 0.25) is 0 Å². The molecule has 0 saturated carbocycles. The van der Waals surface area contributed by atoms with E-state index in [4.69, 9.17) is 9.47 Å². The molecule has 8 heteroatoms. The first kappa shape index (κ1) is 23.1. The molecule has 0 atom stereocenters. The Morgan fingerprint density at radius 3 is 2.59 bits per heavy atom. The van der Waals surface area contributed by atoms with Gasteiger partial charge in [-0.25, -0.2) is 8.78 Å². The third-order valence-electron chi connectivity index (χ3n) is 4.83. The second kappa shape index (κ2) is 10.2. The number of nitrogens with zero attached hydrogens (tertiary/aromatic N) is 3. The largest absolute Gasteiger partial charge is 0.492 e. The van der Waals surface area contributed by atoms with Crippen LogP contribution in [0, 0.1) is 25.5 Å². The molecule has 0 spiro atoms. The van der Waals surface area contributed by atoms with Crippen molar-refractivity contribution in [1.82, 2.24) is 14.5 Å². The van der Waals surface area contributed by atoms with Crippen LogP contribution in [-0.4, -0.2) is 21.1 Å². The van der Waals surface area contributed by atoms with Crippen LogP contribution in [0.1, 0.15) is 42.4 Å². The third-order valence-corrected chi connectivity index (χ3v) is 4.83. The average molecular weight is 441 g/mol. The number of rotatable bonds is 9. The summed E-state index contributed by atoms with van der Waals surface area (Å²) in [5, 5.41) is 0. The maximum atomic E-state index is 13.8. The lowest BCUT2D eigenvalue weighted by Crippen LogP contribution is -2.21. The van der Waals surface area contributed by atoms with Crippen LogP contribution in [0.3, 0.4) is 0 Å². The quantitative estimate of drug-likeness (QED) is 0.349. The van der Waals surface area contributed by atoms with Crippen molar-refractivity contribution < 1.29 is 18.3 Å². The number of unbranched alkanes of at least 4 members (excludes halogenated alkanes) is 1. The van der Waals surface area contributed by atoms with Gasteiger partial charge in [0.15, 0.2) is 5.82 Å². The summed E-state index contributed by atoms with van der Waals surface area (Å²) in [6.45, 7) is 9.94. The molecule has 0 aliphatic rings. The molecule has 0 radical (unpaired) electrons. The van der Waals surface area contributed by atoms with E-state index in [0.717, 1.165) is 30.7 Å². The third kappa shape index (κ3) is 5.38. The zero-order valence-electron chi connectivity index (χ0n) is 18.3. The number of pyridine rings is 3. The number of hydrogen-bond acceptors (Lipinski definition) is 5. The van der Waals surface area contributed by atoms with E-state index >= 15 is 0 Å². The Hall–Kier alpha value is -3.55. The lowest BCUT2D eigenvalue weighted by Gasteiger charge is -2.16. The number of aryl methyl sites for hydroxylation is 2. The highest BCUT2D eigenvalue weighted by atomic mass is 19.1. The molecule has 0 aromatic carbocycles. The van der Waals surface area contributed by atoms with Gasteiger partial charge >= 0.3 is 0 Å². The Labute approximate surface area is 185 Å². The van der Waals surface area contributed by atoms with Crippen molar-refractivity contribution in [2.75, 3.05) is 6.61 Å². The molecule has 3 aromatic heterocycles. The van der Waals surface area contributed by atoms with E-state index < -0.39 is 11.6 Å². The summed E-state index contributed by atoms with van der Waals surface area (Å²) in [6.07, 6.45) is 4.49. The molecule has 0 unspecified atom stereocenters. The van der Waals surface area contributed by atoms with Gasteiger partial charge in [-0.1, -0.05) is 19.9 Å². The van der Waals surface area contributed by atoms with Crippen LogP contribution in [0.25, 0.3) is 11.4 Å². The second-order valence-corrected chi connectivity index (χ2v) is 7.36. The van der Waals surface area contributed by atoms with Gasteiger partial charge in [-0.05, 0) is 31.9 Å². The molecule has 3 heterocycles. The van der Waals surface area contributed by atoms with E-state index in [1.165, 1.54) is 10.6 Å². The minimum atomic E-state index is -0.809. The van der Waals surface area contributed by atoms with E-state index in [0.29, 0.717) is 29.4 Å². The Morgan fingerprint density at radius 2 is 1.91 bits per heavy atom. The minimum Gasteiger partial charge on any atom is -0.492 e. The SMILES string of the molecule is C=C(OCCCC)c1cc(-n2c(C)cc(OCc3ncc(F)cc3F)cc2=O)c(C)cn1. The molecule has 3 rings (SSSR count). The standard InChI is InChI=1S/C24H25F2N3O3/c1-5-6-7-31-17(4)21-11-23(15(2)12-27-21)29-16(3)8-19(10-24(29)30)32-14-22-20(26)9-18(25)13-28-22/h8-13H,4-7,14H2,1-3H3. The van der Waals surface area contributed by atoms with Crippen molar-refractivity contribution in [3.05, 3.63) is 87.9 Å². The van der Waals surface area contributed by atoms with Crippen molar-refractivity contribution >= 4 is 5.76 Å². The molecular formula is C24H25F2N3O3. The maximum Gasteiger partial charge on any atom is 0.259 e. The highest BCUT2D eigenvalue weighted by Crippen LogP contribution is 2.21. The van der Waals surface area contributed by atoms with Crippen LogP contribution < -0.4 is 10.3 Å². The highest BCUT2D eigenvalue weighted by Gasteiger charge is 2.13. The van der Waals surface area contributed by atoms with Crippen LogP contribution in [0.4, 0.5) is 8.78 Å². The fourth-order valence-electron chi connectivity index (χ4n) is 3.09. The molecule has 6 nitrogen and oxygen atoms in total. The number of halogens is 2. The summed E-state index contributed by atoms with van der Waals surface area (Å²) < 4.78 is 39.5. The van der Waals surface area contributed by atoms with Gasteiger partial charge in [0.1, 0.15) is 35.3 Å². The molecule has 0 N–H and O–H groups in total. The number of hydrogen-bond donors (Lipinski definition) is 0. The fraction of sp³-hybridized carbons (Fsp3) is 0.292. The van der Waals surface area contributed by atoms with E-state index in [-0.39, 0.29) is 23.6 Å². The molecule has 0 saturated heterocycles. The van der Waals surface area contributed by atoms with Crippen LogP contribution in [0.2, 0.25) is 0 Å². The van der Waals surface area contributed by atoms with Crippen LogP contribution in [0.5, 0.6) is 5.75 Å². The summed E-state index contributed by atoms with van der Waals surface area (Å²) in [5.74, 6) is -0.876. The molecule has 0 bridgehead atoms. The van der Waals surface area contributed by atoms with Gasteiger partial charge in [-0.15, -0.1) is 0 Å². The minimum absolute atomic E-state index is 0.0514. The van der Waals surface area contributed by atoms with Gasteiger partial charge in [-0.3, -0.25) is 19.3 Å². The number of ether oxygens (including phenoxy) is 2. The first-order valence-corrected chi connectivity index (χ1v) is 10.3. The van der Waals surface area contributed by atoms with Gasteiger partial charge < -0.3 is 9.47 Å². The molecule has 32 heavy (non-hydrogen) atoms. The van der Waals surface area contributed by atoms with Crippen LogP contribution in [-0.2, 0) is 11.3 Å². The Morgan fingerprint density at radius 1 is 1.12 bits per heavy atom. The zero-order chi connectivity index (χ0) is 23.3. The predicted octanol–water partition coefficient (Wildman–Crippen LogP) is 4.89. The Balaban J connectivity index is 1.85. The second-order valence-electron chi connectivity index (χ2n) is 7.36. The van der Waals surface area contributed by atoms with E-state index in [1.54, 1.807) is 25.3 Å². The first-order chi connectivity index (χ1) is 15.3. The molecule has 0 fully saturated rings. The fourth-order valence-corrected chi connectivity index (χ4v) is 3.09. The van der Waals surface area contributed by atoms with E-state index in [1.807, 2.05) is 6.92 Å². The van der Waals surface area contributed by atoms with Gasteiger partial charge in [-0.2, -0.15) is 0 Å². The van der Waals surface area contributed by atoms with Crippen molar-refractivity contribution in [3.63, 3.8) is 0 Å². The van der Waals surface area contributed by atoms with Gasteiger partial charge in [0.05, 0.1) is 18.5 Å². The first-order valence-electron chi connectivity index (χ1n) is 10.3. The molecule has 168 valence electrons. The van der Waals surface area contributed by atoms with Gasteiger partial charge in [0, 0.05) is 30.1 Å². The summed E-state index contributed by atoms with van der Waals surface area (Å²) in [7, 11) is 0. The van der Waals surface area contributed by atoms with E-state index in [9.17, 15) is 13.6 Å². The Bertz CT molecular complexity index is 1190. The average Bonchev–Trinajstić information content (AvgIpc) is 2.74. The summed E-state index contributed by atoms with van der Waals surface area (Å²) >= 11 is 0. The maximum absolute atomic E-state index is 13.8. The molecule has 0 aliphatic carbocycles. The monoisotopic (exact) mass is 441 g/mol. The zero-order valence-corrected chi connectivity index (χ0v) is 18.3. The smallest absolute Gasteiger partial charge is 0.259 e. The molecule has 3 aromatic rings. The summed E-state index contributed by atoms with van der Waals surface area (Å²) in [5.41, 5.74) is 2.22. The predicted molar refractivity (Wildman–Crippen MR) is 118 cm³/mol. The highest BCUT2D eigenvalue weighted by molar-refractivity contribution is 5.58. The lowest BCUT2D eigenvalue weighted by atomic mass is 10.2. The van der Waals surface area contributed by atoms with E-state index in [2.05, 4.69) is 23.5 Å². The van der Waals surface area contributed by atoms with Crippen molar-refractivity contribution in [2.24, 2.45) is 0 Å². The Kier molecular flexibility index (Phi) is 7.35. The van der Waals surface area contributed by atoms with Crippen molar-refractivity contribution in [2.45, 2.75) is 40.2 Å². The van der Waals surface area contributed by atoms with Crippen molar-refractivity contribution in [3.8, 4) is 11.4 Å². The number of aromatic nitrogens is 3. The van der Waals surface area contributed by atoms with Gasteiger partial charge in [0.25, 0.3) is 5.56 Å². The summed E-state index contributed by atoms with van der Waals surface area (Å²) in [4.78, 5) is 20.9. The normalized spacial score (nSPS) is 10.8. The van der Waals surface area contributed by atoms with Crippen LogP contribution in [0.15, 0.2) is 48.0 Å². The van der Waals surface area contributed by atoms with Crippen LogP contribution >= 0.6 is 0 Å². The molecule has 0 aliphatic heterocycles. The van der Waals surface area contributed by atoms with Crippen molar-refractivity contribution in [1.29, 1.82) is 0 Å². The lowest BCUT2D eigenvalue weighted by molar-refractivity contribution is 0.270. The molecule has 0 amide bonds. The molecular weight excluding hydrogens is 416 g/mol.